The number of carbonyl (C=O) groups is 3. The molecule has 2 aliphatic heterocycles. The zero-order valence-corrected chi connectivity index (χ0v) is 23.9. The predicted octanol–water partition coefficient (Wildman–Crippen LogP) is 5.39. The van der Waals surface area contributed by atoms with E-state index in [1.54, 1.807) is 28.9 Å². The maximum Gasteiger partial charge on any atom is 0.310 e. The van der Waals surface area contributed by atoms with Gasteiger partial charge in [0.25, 0.3) is 0 Å². The van der Waals surface area contributed by atoms with Crippen LogP contribution >= 0.6 is 11.6 Å². The fraction of sp³-hybridized carbons (Fsp3) is 0.484. The molecule has 216 valence electrons. The molecule has 9 nitrogen and oxygen atoms in total. The quantitative estimate of drug-likeness (QED) is 0.399. The van der Waals surface area contributed by atoms with E-state index < -0.39 is 23.3 Å². The van der Waals surface area contributed by atoms with Crippen molar-refractivity contribution >= 4 is 40.4 Å². The first-order chi connectivity index (χ1) is 19.8. The molecule has 2 aromatic carbocycles. The fourth-order valence-electron chi connectivity index (χ4n) is 6.84. The van der Waals surface area contributed by atoms with Crippen LogP contribution < -0.4 is 4.74 Å². The van der Waals surface area contributed by atoms with Crippen molar-refractivity contribution in [2.75, 3.05) is 19.6 Å². The van der Waals surface area contributed by atoms with Crippen LogP contribution in [0.25, 0.3) is 11.0 Å². The van der Waals surface area contributed by atoms with Crippen LogP contribution in [0.5, 0.6) is 5.75 Å². The summed E-state index contributed by atoms with van der Waals surface area (Å²) in [6, 6.07) is 10.6. The van der Waals surface area contributed by atoms with Gasteiger partial charge in [-0.05, 0) is 62.4 Å². The summed E-state index contributed by atoms with van der Waals surface area (Å²) < 4.78 is 11.8. The van der Waals surface area contributed by atoms with Gasteiger partial charge in [-0.2, -0.15) is 0 Å². The number of carbonyl (C=O) groups excluding carboxylic acids is 2. The van der Waals surface area contributed by atoms with E-state index >= 15 is 0 Å². The second-order valence-electron chi connectivity index (χ2n) is 11.6. The molecule has 1 saturated carbocycles. The summed E-state index contributed by atoms with van der Waals surface area (Å²) in [5, 5.41) is 15.8. The Morgan fingerprint density at radius 1 is 1.15 bits per heavy atom. The van der Waals surface area contributed by atoms with Crippen LogP contribution in [-0.2, 0) is 27.4 Å². The minimum Gasteiger partial charge on any atom is -0.487 e. The Morgan fingerprint density at radius 3 is 2.76 bits per heavy atom. The lowest BCUT2D eigenvalue weighted by Gasteiger charge is -2.45. The molecule has 1 aromatic heterocycles. The maximum absolute atomic E-state index is 14.3. The van der Waals surface area contributed by atoms with Crippen molar-refractivity contribution in [3.05, 3.63) is 58.2 Å². The molecule has 1 aliphatic carbocycles. The summed E-state index contributed by atoms with van der Waals surface area (Å²) in [6.45, 7) is 3.15. The molecule has 0 radical (unpaired) electrons. The molecule has 2 unspecified atom stereocenters. The molecular formula is C31H34ClN3O6. The standard InChI is InChI=1S/C31H34ClN3O6/c1-31(30(38)39)14-5-4-8-21(31)29(37)35-16-13-19-22(32)11-12-26(28(19)24(35)17-34-15-6-10-27(34)36)40-18-23-20-7-2-3-9-25(20)41-33-23/h2-3,7,9,11-12,21,24H,4-6,8,10,13-18H2,1H3,(H,38,39)/t21?,24-,31?/m1/s1. The highest BCUT2D eigenvalue weighted by Gasteiger charge is 2.50. The van der Waals surface area contributed by atoms with E-state index in [2.05, 4.69) is 5.16 Å². The lowest BCUT2D eigenvalue weighted by atomic mass is 9.66. The number of benzene rings is 2. The molecule has 3 heterocycles. The first kappa shape index (κ1) is 27.6. The number of likely N-dealkylation sites (tertiary alicyclic amines) is 1. The number of amides is 2. The highest BCUT2D eigenvalue weighted by molar-refractivity contribution is 6.31. The van der Waals surface area contributed by atoms with E-state index in [0.717, 1.165) is 35.8 Å². The molecule has 10 heteroatoms. The largest absolute Gasteiger partial charge is 0.487 e. The monoisotopic (exact) mass is 579 g/mol. The van der Waals surface area contributed by atoms with Crippen molar-refractivity contribution in [1.29, 1.82) is 0 Å². The topological polar surface area (TPSA) is 113 Å². The molecule has 3 aliphatic rings. The highest BCUT2D eigenvalue weighted by Crippen LogP contribution is 2.46. The minimum atomic E-state index is -1.13. The maximum atomic E-state index is 14.3. The first-order valence-corrected chi connectivity index (χ1v) is 14.7. The molecule has 0 bridgehead atoms. The SMILES string of the molecule is CC1(C(=O)O)CCCCC1C(=O)N1CCc2c(Cl)ccc(OCc3noc4ccccc34)c2[C@H]1CN1CCCC1=O. The Hall–Kier alpha value is -3.59. The van der Waals surface area contributed by atoms with Gasteiger partial charge in [-0.25, -0.2) is 0 Å². The number of nitrogens with zero attached hydrogens (tertiary/aromatic N) is 3. The molecule has 1 saturated heterocycles. The molecule has 1 N–H and O–H groups in total. The normalized spacial score (nSPS) is 24.5. The molecule has 2 amide bonds. The third-order valence-corrected chi connectivity index (χ3v) is 9.59. The predicted molar refractivity (Wildman–Crippen MR) is 151 cm³/mol. The average Bonchev–Trinajstić information content (AvgIpc) is 3.58. The third-order valence-electron chi connectivity index (χ3n) is 9.23. The Kier molecular flexibility index (Phi) is 7.40. The third kappa shape index (κ3) is 4.94. The van der Waals surface area contributed by atoms with Gasteiger partial charge in [0.1, 0.15) is 18.1 Å². The smallest absolute Gasteiger partial charge is 0.310 e. The van der Waals surface area contributed by atoms with Gasteiger partial charge in [0.2, 0.25) is 11.8 Å². The molecule has 2 fully saturated rings. The van der Waals surface area contributed by atoms with Crippen LogP contribution in [0, 0.1) is 11.3 Å². The zero-order chi connectivity index (χ0) is 28.7. The molecule has 6 rings (SSSR count). The number of halogens is 1. The summed E-state index contributed by atoms with van der Waals surface area (Å²) in [5.74, 6) is -1.14. The van der Waals surface area contributed by atoms with Gasteiger partial charge in [0.05, 0.1) is 17.4 Å². The minimum absolute atomic E-state index is 0.0520. The number of fused-ring (bicyclic) bond motifs is 2. The van der Waals surface area contributed by atoms with Crippen LogP contribution in [0.4, 0.5) is 0 Å². The van der Waals surface area contributed by atoms with E-state index in [1.165, 1.54) is 0 Å². The van der Waals surface area contributed by atoms with Gasteiger partial charge in [-0.1, -0.05) is 41.7 Å². The summed E-state index contributed by atoms with van der Waals surface area (Å²) in [4.78, 5) is 43.0. The lowest BCUT2D eigenvalue weighted by molar-refractivity contribution is -0.162. The zero-order valence-electron chi connectivity index (χ0n) is 23.1. The number of hydrogen-bond donors (Lipinski definition) is 1. The molecular weight excluding hydrogens is 546 g/mol. The molecule has 41 heavy (non-hydrogen) atoms. The second-order valence-corrected chi connectivity index (χ2v) is 12.0. The van der Waals surface area contributed by atoms with Crippen LogP contribution in [0.15, 0.2) is 40.9 Å². The van der Waals surface area contributed by atoms with Crippen molar-refractivity contribution in [3.63, 3.8) is 0 Å². The van der Waals surface area contributed by atoms with Gasteiger partial charge in [-0.3, -0.25) is 14.4 Å². The summed E-state index contributed by atoms with van der Waals surface area (Å²) in [6.07, 6.45) is 4.33. The number of para-hydroxylation sites is 1. The number of aliphatic carboxylic acids is 1. The highest BCUT2D eigenvalue weighted by atomic mass is 35.5. The van der Waals surface area contributed by atoms with Gasteiger partial charge in [0.15, 0.2) is 5.58 Å². The van der Waals surface area contributed by atoms with Gasteiger partial charge >= 0.3 is 5.97 Å². The first-order valence-electron chi connectivity index (χ1n) is 14.4. The van der Waals surface area contributed by atoms with E-state index in [1.807, 2.05) is 24.3 Å². The molecule has 0 spiro atoms. The Bertz CT molecular complexity index is 1500. The summed E-state index contributed by atoms with van der Waals surface area (Å²) >= 11 is 6.72. The Labute approximate surface area is 243 Å². The summed E-state index contributed by atoms with van der Waals surface area (Å²) in [7, 11) is 0. The number of carboxylic acid groups (broad SMARTS) is 1. The van der Waals surface area contributed by atoms with Crippen LogP contribution in [0.1, 0.15) is 68.3 Å². The van der Waals surface area contributed by atoms with Crippen molar-refractivity contribution in [2.24, 2.45) is 11.3 Å². The van der Waals surface area contributed by atoms with Crippen LogP contribution in [0.3, 0.4) is 0 Å². The van der Waals surface area contributed by atoms with E-state index in [4.69, 9.17) is 20.9 Å². The number of aromatic nitrogens is 1. The number of carboxylic acids is 1. The average molecular weight is 580 g/mol. The van der Waals surface area contributed by atoms with Crippen molar-refractivity contribution in [1.82, 2.24) is 15.0 Å². The Balaban J connectivity index is 1.38. The number of ether oxygens (including phenoxy) is 1. The van der Waals surface area contributed by atoms with Crippen LogP contribution in [0.2, 0.25) is 5.02 Å². The fourth-order valence-corrected chi connectivity index (χ4v) is 7.10. The molecule has 3 aromatic rings. The van der Waals surface area contributed by atoms with E-state index in [9.17, 15) is 19.5 Å². The molecule has 3 atom stereocenters. The van der Waals surface area contributed by atoms with Crippen molar-refractivity contribution < 1.29 is 28.8 Å². The van der Waals surface area contributed by atoms with Gasteiger partial charge < -0.3 is 24.2 Å². The lowest BCUT2D eigenvalue weighted by Crippen LogP contribution is -2.52. The van der Waals surface area contributed by atoms with Crippen molar-refractivity contribution in [3.8, 4) is 5.75 Å². The van der Waals surface area contributed by atoms with Gasteiger partial charge in [0, 0.05) is 42.0 Å². The number of hydrogen-bond acceptors (Lipinski definition) is 6. The summed E-state index contributed by atoms with van der Waals surface area (Å²) in [5.41, 5.74) is 1.85. The van der Waals surface area contributed by atoms with Crippen LogP contribution in [-0.4, -0.2) is 57.5 Å². The Morgan fingerprint density at radius 2 is 1.98 bits per heavy atom. The second kappa shape index (κ2) is 11.0. The van der Waals surface area contributed by atoms with E-state index in [-0.39, 0.29) is 18.4 Å². The van der Waals surface area contributed by atoms with Gasteiger partial charge in [-0.15, -0.1) is 0 Å². The number of rotatable bonds is 7. The van der Waals surface area contributed by atoms with Crippen molar-refractivity contribution in [2.45, 2.75) is 64.5 Å². The van der Waals surface area contributed by atoms with E-state index in [0.29, 0.717) is 67.4 Å².